The van der Waals surface area contributed by atoms with Gasteiger partial charge in [-0.05, 0) is 50.3 Å². The molecule has 0 saturated carbocycles. The van der Waals surface area contributed by atoms with Crippen molar-refractivity contribution in [2.24, 2.45) is 4.99 Å². The Morgan fingerprint density at radius 2 is 1.88 bits per heavy atom. The summed E-state index contributed by atoms with van der Waals surface area (Å²) in [7, 11) is 1.71. The van der Waals surface area contributed by atoms with Crippen molar-refractivity contribution < 1.29 is 18.9 Å². The Kier molecular flexibility index (Phi) is 9.88. The van der Waals surface area contributed by atoms with Gasteiger partial charge in [0.15, 0.2) is 5.96 Å². The molecule has 1 aromatic rings. The number of guanidine groups is 1. The smallest absolute Gasteiger partial charge is 0.194 e. The lowest BCUT2D eigenvalue weighted by molar-refractivity contribution is -0.0817. The van der Waals surface area contributed by atoms with Crippen LogP contribution in [0, 0.1) is 0 Å². The minimum atomic E-state index is -0.00849. The van der Waals surface area contributed by atoms with Crippen LogP contribution in [0.2, 0.25) is 0 Å². The lowest BCUT2D eigenvalue weighted by Gasteiger charge is -2.39. The second-order valence-corrected chi connectivity index (χ2v) is 8.70. The van der Waals surface area contributed by atoms with Gasteiger partial charge in [-0.3, -0.25) is 4.99 Å². The van der Waals surface area contributed by atoms with E-state index in [-0.39, 0.29) is 41.6 Å². The van der Waals surface area contributed by atoms with Gasteiger partial charge in [0.05, 0.1) is 26.4 Å². The highest BCUT2D eigenvalue weighted by Gasteiger charge is 2.36. The van der Waals surface area contributed by atoms with E-state index in [1.165, 1.54) is 5.56 Å². The number of benzene rings is 1. The van der Waals surface area contributed by atoms with Crippen LogP contribution in [0.4, 0.5) is 0 Å². The molecular weight excluding hydrogens is 521 g/mol. The quantitative estimate of drug-likeness (QED) is 0.328. The maximum Gasteiger partial charge on any atom is 0.194 e. The topological polar surface area (TPSA) is 64.6 Å². The number of nitrogens with zero attached hydrogens (tertiary/aromatic N) is 2. The highest BCUT2D eigenvalue weighted by atomic mass is 127. The first-order valence-corrected chi connectivity index (χ1v) is 11.7. The number of aliphatic imine (C=N–C) groups is 1. The summed E-state index contributed by atoms with van der Waals surface area (Å²) in [6.07, 6.45) is 4.51. The molecule has 4 rings (SSSR count). The van der Waals surface area contributed by atoms with Gasteiger partial charge < -0.3 is 29.2 Å². The highest BCUT2D eigenvalue weighted by molar-refractivity contribution is 14.0. The van der Waals surface area contributed by atoms with Gasteiger partial charge in [0.1, 0.15) is 11.9 Å². The van der Waals surface area contributed by atoms with Gasteiger partial charge in [-0.2, -0.15) is 0 Å². The maximum absolute atomic E-state index is 6.05. The minimum absolute atomic E-state index is 0. The lowest BCUT2D eigenvalue weighted by atomic mass is 9.74. The third kappa shape index (κ3) is 6.07. The molecule has 3 saturated heterocycles. The van der Waals surface area contributed by atoms with Crippen LogP contribution >= 0.6 is 24.0 Å². The second-order valence-electron chi connectivity index (χ2n) is 8.70. The molecular formula is C24H38IN3O4. The van der Waals surface area contributed by atoms with E-state index >= 15 is 0 Å². The van der Waals surface area contributed by atoms with Crippen molar-refractivity contribution in [3.63, 3.8) is 0 Å². The lowest BCUT2D eigenvalue weighted by Crippen LogP contribution is -2.53. The van der Waals surface area contributed by atoms with E-state index in [2.05, 4.69) is 41.4 Å². The standard InChI is InChI=1S/C24H37N3O4.HI/c1-3-25-23(27-12-16-31-22(17-27)21-5-4-13-30-21)26-18-24(10-14-29-15-11-24)19-6-8-20(28-2)9-7-19;/h6-9,21-22H,3-5,10-18H2,1-2H3,(H,25,26);1H. The normalized spacial score (nSPS) is 25.8. The molecule has 2 atom stereocenters. The van der Waals surface area contributed by atoms with Crippen molar-refractivity contribution in [1.82, 2.24) is 10.2 Å². The number of morpholine rings is 1. The first kappa shape index (κ1) is 25.5. The molecule has 3 heterocycles. The molecule has 32 heavy (non-hydrogen) atoms. The number of ether oxygens (including phenoxy) is 4. The number of nitrogens with one attached hydrogen (secondary N) is 1. The van der Waals surface area contributed by atoms with E-state index in [9.17, 15) is 0 Å². The fraction of sp³-hybridized carbons (Fsp3) is 0.708. The summed E-state index contributed by atoms with van der Waals surface area (Å²) in [5.74, 6) is 1.87. The van der Waals surface area contributed by atoms with Crippen LogP contribution < -0.4 is 10.1 Å². The predicted molar refractivity (Wildman–Crippen MR) is 136 cm³/mol. The summed E-state index contributed by atoms with van der Waals surface area (Å²) in [6, 6.07) is 8.48. The van der Waals surface area contributed by atoms with Gasteiger partial charge in [0.25, 0.3) is 0 Å². The Bertz CT molecular complexity index is 718. The Hall–Kier alpha value is -1.10. The van der Waals surface area contributed by atoms with E-state index in [4.69, 9.17) is 23.9 Å². The zero-order valence-electron chi connectivity index (χ0n) is 19.4. The van der Waals surface area contributed by atoms with E-state index in [1.807, 2.05) is 0 Å². The maximum atomic E-state index is 6.05. The number of rotatable bonds is 6. The van der Waals surface area contributed by atoms with Crippen molar-refractivity contribution in [3.05, 3.63) is 29.8 Å². The zero-order chi connectivity index (χ0) is 21.5. The largest absolute Gasteiger partial charge is 0.497 e. The van der Waals surface area contributed by atoms with Gasteiger partial charge in [-0.25, -0.2) is 0 Å². The molecule has 7 nitrogen and oxygen atoms in total. The predicted octanol–water partition coefficient (Wildman–Crippen LogP) is 3.21. The van der Waals surface area contributed by atoms with Gasteiger partial charge in [-0.1, -0.05) is 12.1 Å². The van der Waals surface area contributed by atoms with Gasteiger partial charge in [-0.15, -0.1) is 24.0 Å². The number of hydrogen-bond donors (Lipinski definition) is 1. The highest BCUT2D eigenvalue weighted by Crippen LogP contribution is 2.36. The third-order valence-electron chi connectivity index (χ3n) is 6.79. The summed E-state index contributed by atoms with van der Waals surface area (Å²) in [5, 5.41) is 3.52. The molecule has 0 aromatic heterocycles. The van der Waals surface area contributed by atoms with E-state index in [0.29, 0.717) is 6.61 Å². The molecule has 1 aromatic carbocycles. The van der Waals surface area contributed by atoms with Crippen molar-refractivity contribution in [1.29, 1.82) is 0 Å². The molecule has 0 bridgehead atoms. The van der Waals surface area contributed by atoms with Crippen LogP contribution in [0.5, 0.6) is 5.75 Å². The summed E-state index contributed by atoms with van der Waals surface area (Å²) in [4.78, 5) is 7.51. The number of halogens is 1. The fourth-order valence-corrected chi connectivity index (χ4v) is 4.89. The molecule has 0 radical (unpaired) electrons. The minimum Gasteiger partial charge on any atom is -0.497 e. The van der Waals surface area contributed by atoms with Gasteiger partial charge in [0.2, 0.25) is 0 Å². The molecule has 8 heteroatoms. The van der Waals surface area contributed by atoms with Crippen molar-refractivity contribution in [2.75, 3.05) is 59.7 Å². The number of methoxy groups -OCH3 is 1. The molecule has 2 unspecified atom stereocenters. The summed E-state index contributed by atoms with van der Waals surface area (Å²) < 4.78 is 23.0. The molecule has 3 aliphatic rings. The van der Waals surface area contributed by atoms with Crippen LogP contribution in [0.1, 0.15) is 38.2 Å². The SMILES string of the molecule is CCNC(=NCC1(c2ccc(OC)cc2)CCOCC1)N1CCOC(C2CCCO2)C1.I. The molecule has 0 spiro atoms. The molecule has 3 fully saturated rings. The fourth-order valence-electron chi connectivity index (χ4n) is 4.89. The molecule has 1 N–H and O–H groups in total. The van der Waals surface area contributed by atoms with Gasteiger partial charge in [0, 0.05) is 44.9 Å². The average Bonchev–Trinajstić information content (AvgIpc) is 3.38. The number of hydrogen-bond acceptors (Lipinski definition) is 5. The van der Waals surface area contributed by atoms with Crippen LogP contribution in [0.15, 0.2) is 29.3 Å². The van der Waals surface area contributed by atoms with Crippen molar-refractivity contribution >= 4 is 29.9 Å². The third-order valence-corrected chi connectivity index (χ3v) is 6.79. The van der Waals surface area contributed by atoms with Crippen LogP contribution in [0.25, 0.3) is 0 Å². The summed E-state index contributed by atoms with van der Waals surface area (Å²) in [6.45, 7) is 8.52. The summed E-state index contributed by atoms with van der Waals surface area (Å²) in [5.41, 5.74) is 1.31. The zero-order valence-corrected chi connectivity index (χ0v) is 21.7. The Balaban J connectivity index is 0.00000289. The van der Waals surface area contributed by atoms with Crippen LogP contribution in [0.3, 0.4) is 0 Å². The van der Waals surface area contributed by atoms with Crippen molar-refractivity contribution in [2.45, 2.75) is 50.2 Å². The average molecular weight is 559 g/mol. The Morgan fingerprint density at radius 1 is 1.12 bits per heavy atom. The van der Waals surface area contributed by atoms with E-state index in [1.54, 1.807) is 7.11 Å². The van der Waals surface area contributed by atoms with Crippen molar-refractivity contribution in [3.8, 4) is 5.75 Å². The first-order valence-electron chi connectivity index (χ1n) is 11.7. The summed E-state index contributed by atoms with van der Waals surface area (Å²) >= 11 is 0. The van der Waals surface area contributed by atoms with Crippen LogP contribution in [-0.4, -0.2) is 82.8 Å². The monoisotopic (exact) mass is 559 g/mol. The van der Waals surface area contributed by atoms with Crippen LogP contribution in [-0.2, 0) is 19.6 Å². The second kappa shape index (κ2) is 12.4. The molecule has 3 aliphatic heterocycles. The van der Waals surface area contributed by atoms with E-state index < -0.39 is 0 Å². The van der Waals surface area contributed by atoms with Gasteiger partial charge >= 0.3 is 0 Å². The first-order chi connectivity index (χ1) is 15.2. The molecule has 180 valence electrons. The molecule has 0 aliphatic carbocycles. The molecule has 0 amide bonds. The Morgan fingerprint density at radius 3 is 2.53 bits per heavy atom. The Labute approximate surface area is 209 Å². The van der Waals surface area contributed by atoms with E-state index in [0.717, 1.165) is 83.4 Å².